The van der Waals surface area contributed by atoms with Crippen molar-refractivity contribution in [2.75, 3.05) is 4.90 Å². The second-order valence-corrected chi connectivity index (χ2v) is 8.54. The Labute approximate surface area is 193 Å². The summed E-state index contributed by atoms with van der Waals surface area (Å²) >= 11 is 0. The number of benzene rings is 3. The highest BCUT2D eigenvalue weighted by Crippen LogP contribution is 2.42. The number of nitrogens with zero attached hydrogens (tertiary/aromatic N) is 1. The molecule has 5 heteroatoms. The van der Waals surface area contributed by atoms with Gasteiger partial charge in [-0.25, -0.2) is 0 Å². The Bertz CT molecular complexity index is 1230. The summed E-state index contributed by atoms with van der Waals surface area (Å²) in [5.41, 5.74) is 3.95. The maximum Gasteiger partial charge on any atom is 0.300 e. The minimum atomic E-state index is -0.762. The van der Waals surface area contributed by atoms with Crippen molar-refractivity contribution in [1.29, 1.82) is 0 Å². The van der Waals surface area contributed by atoms with Gasteiger partial charge >= 0.3 is 0 Å². The van der Waals surface area contributed by atoms with Gasteiger partial charge in [0, 0.05) is 11.3 Å². The zero-order valence-electron chi connectivity index (χ0n) is 19.2. The quantitative estimate of drug-likeness (QED) is 0.313. The van der Waals surface area contributed by atoms with Gasteiger partial charge in [-0.15, -0.1) is 0 Å². The van der Waals surface area contributed by atoms with E-state index in [2.05, 4.69) is 0 Å². The van der Waals surface area contributed by atoms with E-state index in [4.69, 9.17) is 4.74 Å². The number of anilines is 1. The lowest BCUT2D eigenvalue weighted by Crippen LogP contribution is -2.29. The SMILES string of the molecule is Cc1ccc(/C(O)=C2/C(=O)C(=O)N(c3ccccc3)C2c2ccc(OC(C)C)cc2)cc1C. The first-order chi connectivity index (χ1) is 15.8. The first-order valence-electron chi connectivity index (χ1n) is 11.0. The largest absolute Gasteiger partial charge is 0.507 e. The van der Waals surface area contributed by atoms with E-state index in [-0.39, 0.29) is 17.4 Å². The summed E-state index contributed by atoms with van der Waals surface area (Å²) in [6.07, 6.45) is 0.0237. The minimum Gasteiger partial charge on any atom is -0.507 e. The van der Waals surface area contributed by atoms with Gasteiger partial charge in [0.1, 0.15) is 11.5 Å². The Hall–Kier alpha value is -3.86. The highest BCUT2D eigenvalue weighted by molar-refractivity contribution is 6.51. The van der Waals surface area contributed by atoms with E-state index in [0.29, 0.717) is 22.6 Å². The number of hydrogen-bond donors (Lipinski definition) is 1. The number of aryl methyl sites for hydroxylation is 2. The third kappa shape index (κ3) is 4.27. The summed E-state index contributed by atoms with van der Waals surface area (Å²) in [7, 11) is 0. The molecule has 3 aromatic rings. The number of aliphatic hydroxyl groups excluding tert-OH is 1. The molecule has 1 amide bonds. The molecule has 33 heavy (non-hydrogen) atoms. The molecule has 0 saturated carbocycles. The third-order valence-corrected chi connectivity index (χ3v) is 5.83. The second kappa shape index (κ2) is 8.94. The molecule has 1 aliphatic heterocycles. The van der Waals surface area contributed by atoms with Crippen molar-refractivity contribution in [3.63, 3.8) is 0 Å². The molecule has 1 fully saturated rings. The molecule has 168 valence electrons. The lowest BCUT2D eigenvalue weighted by Gasteiger charge is -2.25. The van der Waals surface area contributed by atoms with Crippen LogP contribution in [0.15, 0.2) is 78.4 Å². The van der Waals surface area contributed by atoms with E-state index in [9.17, 15) is 14.7 Å². The van der Waals surface area contributed by atoms with Gasteiger partial charge in [-0.3, -0.25) is 14.5 Å². The van der Waals surface area contributed by atoms with Crippen molar-refractivity contribution in [1.82, 2.24) is 0 Å². The van der Waals surface area contributed by atoms with E-state index >= 15 is 0 Å². The number of carbonyl (C=O) groups is 2. The number of Topliss-reactive ketones (excluding diaryl/α,β-unsaturated/α-hetero) is 1. The van der Waals surface area contributed by atoms with Crippen LogP contribution in [0.1, 0.15) is 42.1 Å². The summed E-state index contributed by atoms with van der Waals surface area (Å²) in [4.78, 5) is 27.8. The maximum absolute atomic E-state index is 13.2. The molecule has 5 nitrogen and oxygen atoms in total. The Morgan fingerprint density at radius 3 is 2.18 bits per heavy atom. The Balaban J connectivity index is 1.89. The standard InChI is InChI=1S/C28H27NO4/c1-17(2)33-23-14-12-20(13-15-23)25-24(26(30)21-11-10-18(3)19(4)16-21)27(31)28(32)29(25)22-8-6-5-7-9-22/h5-17,25,30H,1-4H3/b26-24-. The van der Waals surface area contributed by atoms with Crippen LogP contribution in [0.3, 0.4) is 0 Å². The number of aliphatic hydroxyl groups is 1. The summed E-state index contributed by atoms with van der Waals surface area (Å²) in [5.74, 6) is -0.858. The molecule has 1 aliphatic rings. The number of ketones is 1. The van der Waals surface area contributed by atoms with Crippen molar-refractivity contribution in [3.05, 3.63) is 101 Å². The van der Waals surface area contributed by atoms with Crippen molar-refractivity contribution in [2.24, 2.45) is 0 Å². The lowest BCUT2D eigenvalue weighted by molar-refractivity contribution is -0.132. The molecular formula is C28H27NO4. The normalized spacial score (nSPS) is 17.6. The Morgan fingerprint density at radius 2 is 1.58 bits per heavy atom. The summed E-state index contributed by atoms with van der Waals surface area (Å²) in [5, 5.41) is 11.2. The zero-order chi connectivity index (χ0) is 23.7. The molecule has 0 spiro atoms. The first-order valence-corrected chi connectivity index (χ1v) is 11.0. The van der Waals surface area contributed by atoms with Gasteiger partial charge in [0.05, 0.1) is 17.7 Å². The van der Waals surface area contributed by atoms with Gasteiger partial charge in [-0.1, -0.05) is 42.5 Å². The van der Waals surface area contributed by atoms with Gasteiger partial charge in [0.15, 0.2) is 0 Å². The first kappa shape index (κ1) is 22.3. The van der Waals surface area contributed by atoms with Crippen LogP contribution in [-0.2, 0) is 9.59 Å². The van der Waals surface area contributed by atoms with Crippen LogP contribution in [0, 0.1) is 13.8 Å². The fraction of sp³-hybridized carbons (Fsp3) is 0.214. The van der Waals surface area contributed by atoms with Crippen LogP contribution in [-0.4, -0.2) is 22.9 Å². The van der Waals surface area contributed by atoms with Gasteiger partial charge in [-0.2, -0.15) is 0 Å². The van der Waals surface area contributed by atoms with Crippen LogP contribution in [0.2, 0.25) is 0 Å². The molecule has 1 saturated heterocycles. The van der Waals surface area contributed by atoms with E-state index in [1.807, 2.05) is 82.3 Å². The number of ether oxygens (including phenoxy) is 1. The molecule has 1 atom stereocenters. The molecule has 1 N–H and O–H groups in total. The molecule has 0 radical (unpaired) electrons. The minimum absolute atomic E-state index is 0.0237. The monoisotopic (exact) mass is 441 g/mol. The molecule has 3 aromatic carbocycles. The van der Waals surface area contributed by atoms with E-state index in [1.54, 1.807) is 18.2 Å². The number of para-hydroxylation sites is 1. The van der Waals surface area contributed by atoms with Gasteiger partial charge in [0.2, 0.25) is 0 Å². The number of rotatable bonds is 5. The predicted molar refractivity (Wildman–Crippen MR) is 129 cm³/mol. The molecule has 0 aliphatic carbocycles. The smallest absolute Gasteiger partial charge is 0.300 e. The van der Waals surface area contributed by atoms with Crippen LogP contribution in [0.5, 0.6) is 5.75 Å². The van der Waals surface area contributed by atoms with Crippen LogP contribution < -0.4 is 9.64 Å². The lowest BCUT2D eigenvalue weighted by atomic mass is 9.94. The summed E-state index contributed by atoms with van der Waals surface area (Å²) < 4.78 is 5.74. The fourth-order valence-electron chi connectivity index (χ4n) is 4.05. The van der Waals surface area contributed by atoms with E-state index in [0.717, 1.165) is 11.1 Å². The summed E-state index contributed by atoms with van der Waals surface area (Å²) in [6.45, 7) is 7.82. The van der Waals surface area contributed by atoms with Crippen LogP contribution >= 0.6 is 0 Å². The maximum atomic E-state index is 13.2. The van der Waals surface area contributed by atoms with E-state index in [1.165, 1.54) is 4.90 Å². The molecule has 4 rings (SSSR count). The second-order valence-electron chi connectivity index (χ2n) is 8.54. The average Bonchev–Trinajstić information content (AvgIpc) is 3.06. The van der Waals surface area contributed by atoms with Crippen molar-refractivity contribution >= 4 is 23.1 Å². The van der Waals surface area contributed by atoms with Crippen LogP contribution in [0.4, 0.5) is 5.69 Å². The van der Waals surface area contributed by atoms with Gasteiger partial charge in [-0.05, 0) is 74.7 Å². The van der Waals surface area contributed by atoms with Crippen molar-refractivity contribution in [2.45, 2.75) is 39.8 Å². The molecule has 0 aromatic heterocycles. The topological polar surface area (TPSA) is 66.8 Å². The number of amides is 1. The average molecular weight is 442 g/mol. The van der Waals surface area contributed by atoms with Gasteiger partial charge < -0.3 is 9.84 Å². The van der Waals surface area contributed by atoms with E-state index < -0.39 is 17.7 Å². The third-order valence-electron chi connectivity index (χ3n) is 5.83. The number of carbonyl (C=O) groups excluding carboxylic acids is 2. The van der Waals surface area contributed by atoms with Gasteiger partial charge in [0.25, 0.3) is 11.7 Å². The highest BCUT2D eigenvalue weighted by atomic mass is 16.5. The highest BCUT2D eigenvalue weighted by Gasteiger charge is 2.46. The molecule has 0 bridgehead atoms. The zero-order valence-corrected chi connectivity index (χ0v) is 19.2. The van der Waals surface area contributed by atoms with Crippen molar-refractivity contribution < 1.29 is 19.4 Å². The molecule has 1 heterocycles. The number of hydrogen-bond acceptors (Lipinski definition) is 4. The van der Waals surface area contributed by atoms with Crippen molar-refractivity contribution in [3.8, 4) is 5.75 Å². The predicted octanol–water partition coefficient (Wildman–Crippen LogP) is 5.72. The molecule has 1 unspecified atom stereocenters. The molecular weight excluding hydrogens is 414 g/mol. The Kier molecular flexibility index (Phi) is 6.05. The Morgan fingerprint density at radius 1 is 0.909 bits per heavy atom. The van der Waals surface area contributed by atoms with Crippen LogP contribution in [0.25, 0.3) is 5.76 Å². The summed E-state index contributed by atoms with van der Waals surface area (Å²) in [6, 6.07) is 21.1. The fourth-order valence-corrected chi connectivity index (χ4v) is 4.05.